The largest absolute Gasteiger partial charge is 0.386 e. The van der Waals surface area contributed by atoms with Gasteiger partial charge in [-0.2, -0.15) is 0 Å². The summed E-state index contributed by atoms with van der Waals surface area (Å²) in [6, 6.07) is 18.0. The predicted molar refractivity (Wildman–Crippen MR) is 129 cm³/mol. The average molecular weight is 446 g/mol. The van der Waals surface area contributed by atoms with E-state index in [-0.39, 0.29) is 5.91 Å². The number of likely N-dealkylation sites (tertiary alicyclic amines) is 1. The van der Waals surface area contributed by atoms with E-state index in [0.717, 1.165) is 46.4 Å². The summed E-state index contributed by atoms with van der Waals surface area (Å²) in [4.78, 5) is 25.5. The number of amides is 1. The van der Waals surface area contributed by atoms with Crippen molar-refractivity contribution in [1.82, 2.24) is 14.8 Å². The van der Waals surface area contributed by atoms with Gasteiger partial charge in [-0.25, -0.2) is 4.99 Å². The molecule has 1 fully saturated rings. The number of hydrogen-bond donors (Lipinski definition) is 1. The van der Waals surface area contributed by atoms with Gasteiger partial charge in [0.2, 0.25) is 5.91 Å². The third-order valence-electron chi connectivity index (χ3n) is 5.94. The number of nitrogens with zero attached hydrogens (tertiary/aromatic N) is 4. The zero-order valence-electron chi connectivity index (χ0n) is 17.7. The molecule has 0 saturated carbocycles. The molecule has 2 aliphatic heterocycles. The van der Waals surface area contributed by atoms with E-state index in [0.29, 0.717) is 36.9 Å². The van der Waals surface area contributed by atoms with E-state index in [9.17, 15) is 4.79 Å². The predicted octanol–water partition coefficient (Wildman–Crippen LogP) is 4.01. The van der Waals surface area contributed by atoms with Crippen LogP contribution >= 0.6 is 11.6 Å². The number of amidine groups is 1. The first kappa shape index (κ1) is 20.5. The van der Waals surface area contributed by atoms with Crippen LogP contribution in [0.3, 0.4) is 0 Å². The molecule has 3 heterocycles. The third kappa shape index (κ3) is 3.94. The van der Waals surface area contributed by atoms with Crippen LogP contribution in [0.2, 0.25) is 5.02 Å². The van der Waals surface area contributed by atoms with Gasteiger partial charge in [0, 0.05) is 48.8 Å². The molecule has 7 heteroatoms. The lowest BCUT2D eigenvalue weighted by Crippen LogP contribution is -2.41. The molecular formula is C25H24ClN5O. The minimum Gasteiger partial charge on any atom is -0.386 e. The molecule has 3 aromatic rings. The Hall–Kier alpha value is -3.38. The summed E-state index contributed by atoms with van der Waals surface area (Å²) in [5.41, 5.74) is 10.8. The Balaban J connectivity index is 1.63. The number of hydrogen-bond acceptors (Lipinski definition) is 5. The Kier molecular flexibility index (Phi) is 5.53. The van der Waals surface area contributed by atoms with Crippen molar-refractivity contribution in [2.75, 3.05) is 26.2 Å². The van der Waals surface area contributed by atoms with Gasteiger partial charge in [0.05, 0.1) is 28.5 Å². The van der Waals surface area contributed by atoms with E-state index in [1.807, 2.05) is 53.4 Å². The average Bonchev–Trinajstić information content (AvgIpc) is 3.22. The normalized spacial score (nSPS) is 16.8. The van der Waals surface area contributed by atoms with Crippen LogP contribution in [0, 0.1) is 0 Å². The molecule has 162 valence electrons. The highest BCUT2D eigenvalue weighted by molar-refractivity contribution is 6.35. The smallest absolute Gasteiger partial charge is 0.222 e. The summed E-state index contributed by atoms with van der Waals surface area (Å²) >= 11 is 6.63. The monoisotopic (exact) mass is 445 g/mol. The third-order valence-corrected chi connectivity index (χ3v) is 6.23. The second-order valence-corrected chi connectivity index (χ2v) is 8.51. The molecule has 1 amide bonds. The summed E-state index contributed by atoms with van der Waals surface area (Å²) in [5, 5.41) is 1.56. The van der Waals surface area contributed by atoms with Crippen molar-refractivity contribution in [3.63, 3.8) is 0 Å². The molecule has 5 rings (SSSR count). The van der Waals surface area contributed by atoms with Crippen LogP contribution in [-0.4, -0.2) is 52.7 Å². The Morgan fingerprint density at radius 1 is 1.00 bits per heavy atom. The fourth-order valence-corrected chi connectivity index (χ4v) is 4.71. The number of fused-ring (bicyclic) bond motifs is 1. The summed E-state index contributed by atoms with van der Waals surface area (Å²) in [5.74, 6) is 0.770. The first-order chi connectivity index (χ1) is 15.6. The summed E-state index contributed by atoms with van der Waals surface area (Å²) in [7, 11) is 0. The molecule has 1 saturated heterocycles. The zero-order valence-corrected chi connectivity index (χ0v) is 18.4. The highest BCUT2D eigenvalue weighted by atomic mass is 35.5. The van der Waals surface area contributed by atoms with E-state index >= 15 is 0 Å². The van der Waals surface area contributed by atoms with Crippen LogP contribution in [0.25, 0.3) is 22.3 Å². The van der Waals surface area contributed by atoms with Crippen molar-refractivity contribution in [3.05, 3.63) is 76.9 Å². The molecule has 32 heavy (non-hydrogen) atoms. The van der Waals surface area contributed by atoms with Gasteiger partial charge >= 0.3 is 0 Å². The van der Waals surface area contributed by atoms with Gasteiger partial charge in [-0.05, 0) is 24.6 Å². The van der Waals surface area contributed by atoms with E-state index in [4.69, 9.17) is 22.3 Å². The number of aromatic nitrogens is 1. The Morgan fingerprint density at radius 2 is 1.81 bits per heavy atom. The quantitative estimate of drug-likeness (QED) is 0.643. The minimum absolute atomic E-state index is 0.220. The molecule has 0 radical (unpaired) electrons. The molecule has 2 aromatic carbocycles. The lowest BCUT2D eigenvalue weighted by molar-refractivity contribution is -0.127. The number of nitrogens with two attached hydrogens (primary N) is 1. The highest BCUT2D eigenvalue weighted by Gasteiger charge is 2.27. The topological polar surface area (TPSA) is 74.8 Å². The summed E-state index contributed by atoms with van der Waals surface area (Å²) in [6.45, 7) is 2.63. The Labute approximate surface area is 192 Å². The van der Waals surface area contributed by atoms with Gasteiger partial charge in [0.15, 0.2) is 0 Å². The summed E-state index contributed by atoms with van der Waals surface area (Å²) < 4.78 is 0. The second-order valence-electron chi connectivity index (χ2n) is 8.11. The van der Waals surface area contributed by atoms with Gasteiger partial charge in [-0.15, -0.1) is 0 Å². The van der Waals surface area contributed by atoms with Gasteiger partial charge in [0.25, 0.3) is 0 Å². The van der Waals surface area contributed by atoms with Crippen LogP contribution in [0.15, 0.2) is 65.8 Å². The second kappa shape index (κ2) is 8.63. The highest BCUT2D eigenvalue weighted by Crippen LogP contribution is 2.36. The number of carbonyl (C=O) groups excluding carboxylic acids is 1. The maximum absolute atomic E-state index is 12.2. The van der Waals surface area contributed by atoms with Crippen molar-refractivity contribution in [2.24, 2.45) is 10.7 Å². The Morgan fingerprint density at radius 3 is 2.59 bits per heavy atom. The molecule has 0 atom stereocenters. The van der Waals surface area contributed by atoms with Crippen molar-refractivity contribution in [3.8, 4) is 0 Å². The van der Waals surface area contributed by atoms with Gasteiger partial charge in [0.1, 0.15) is 5.84 Å². The Bertz CT molecular complexity index is 1240. The van der Waals surface area contributed by atoms with Crippen LogP contribution in [0.4, 0.5) is 0 Å². The maximum Gasteiger partial charge on any atom is 0.222 e. The van der Waals surface area contributed by atoms with Gasteiger partial charge < -0.3 is 15.5 Å². The van der Waals surface area contributed by atoms with E-state index in [1.165, 1.54) is 0 Å². The fraction of sp³-hybridized carbons (Fsp3) is 0.240. The first-order valence-corrected chi connectivity index (χ1v) is 11.2. The molecular weight excluding hydrogens is 422 g/mol. The van der Waals surface area contributed by atoms with E-state index < -0.39 is 0 Å². The number of aliphatic imine (C=N–C) groups is 1. The standard InChI is InChI=1S/C25H24ClN5O/c26-20-15-19(14-18-8-4-10-28-23(18)20)25-24(17-6-2-1-3-7-17)29-21(27)16-31(25)13-12-30-11-5-9-22(30)32/h1-4,6-8,10,14-15H,5,9,11-13,16H2,(H2,27,29). The van der Waals surface area contributed by atoms with E-state index in [2.05, 4.69) is 16.0 Å². The zero-order chi connectivity index (χ0) is 22.1. The number of rotatable bonds is 5. The van der Waals surface area contributed by atoms with Crippen LogP contribution in [0.5, 0.6) is 0 Å². The van der Waals surface area contributed by atoms with Crippen molar-refractivity contribution < 1.29 is 4.79 Å². The molecule has 6 nitrogen and oxygen atoms in total. The van der Waals surface area contributed by atoms with Gasteiger partial charge in [-0.3, -0.25) is 9.78 Å². The first-order valence-electron chi connectivity index (χ1n) is 10.8. The number of halogens is 1. The SMILES string of the molecule is NC1=NC(c2ccccc2)=C(c2cc(Cl)c3ncccc3c2)N(CCN2CCCC2=O)C1. The summed E-state index contributed by atoms with van der Waals surface area (Å²) in [6.07, 6.45) is 3.30. The van der Waals surface area contributed by atoms with Crippen LogP contribution in [0.1, 0.15) is 24.0 Å². The molecule has 0 spiro atoms. The molecule has 1 aromatic heterocycles. The molecule has 2 aliphatic rings. The van der Waals surface area contributed by atoms with Gasteiger partial charge in [-0.1, -0.05) is 48.0 Å². The minimum atomic E-state index is 0.220. The lowest BCUT2D eigenvalue weighted by atomic mass is 10.0. The van der Waals surface area contributed by atoms with Crippen molar-refractivity contribution in [1.29, 1.82) is 0 Å². The number of carbonyl (C=O) groups is 1. The number of benzene rings is 2. The fourth-order valence-electron chi connectivity index (χ4n) is 4.43. The lowest BCUT2D eigenvalue weighted by Gasteiger charge is -2.33. The molecule has 0 aliphatic carbocycles. The molecule has 0 bridgehead atoms. The van der Waals surface area contributed by atoms with E-state index in [1.54, 1.807) is 6.20 Å². The molecule has 0 unspecified atom stereocenters. The molecule has 2 N–H and O–H groups in total. The van der Waals surface area contributed by atoms with Crippen LogP contribution in [-0.2, 0) is 4.79 Å². The van der Waals surface area contributed by atoms with Crippen molar-refractivity contribution in [2.45, 2.75) is 12.8 Å². The number of pyridine rings is 1. The maximum atomic E-state index is 12.2. The van der Waals surface area contributed by atoms with Crippen LogP contribution < -0.4 is 5.73 Å². The van der Waals surface area contributed by atoms with Crippen molar-refractivity contribution >= 4 is 45.6 Å².